The fourth-order valence-electron chi connectivity index (χ4n) is 4.96. The largest absolute Gasteiger partial charge is 0.130 e. The summed E-state index contributed by atoms with van der Waals surface area (Å²) in [5, 5.41) is 0. The van der Waals surface area contributed by atoms with Crippen molar-refractivity contribution in [2.75, 3.05) is 0 Å². The van der Waals surface area contributed by atoms with Crippen molar-refractivity contribution in [3.05, 3.63) is 17.9 Å². The lowest BCUT2D eigenvalue weighted by molar-refractivity contribution is 0.536. The molecule has 0 fully saturated rings. The zero-order valence-electron chi connectivity index (χ0n) is 24.2. The Morgan fingerprint density at radius 2 is 0.500 bits per heavy atom. The third-order valence-corrected chi connectivity index (χ3v) is 7.39. The van der Waals surface area contributed by atoms with Crippen LogP contribution in [0.15, 0.2) is 17.9 Å². The molecule has 0 rings (SSSR count). The summed E-state index contributed by atoms with van der Waals surface area (Å²) in [5.74, 6) is 0. The molecule has 0 atom stereocenters. The van der Waals surface area contributed by atoms with Crippen LogP contribution in [0.4, 0.5) is 0 Å². The van der Waals surface area contributed by atoms with Crippen LogP contribution in [0, 0.1) is 0 Å². The molecule has 0 spiro atoms. The van der Waals surface area contributed by atoms with Gasteiger partial charge in [0.2, 0.25) is 0 Å². The van der Waals surface area contributed by atoms with Crippen molar-refractivity contribution in [2.24, 2.45) is 0 Å². The van der Waals surface area contributed by atoms with Crippen LogP contribution in [-0.4, -0.2) is 0 Å². The molecular weight excluding hydrogens is 408 g/mol. The Morgan fingerprint density at radius 3 is 0.735 bits per heavy atom. The lowest BCUT2D eigenvalue weighted by Crippen LogP contribution is -1.83. The number of unbranched alkanes of at least 4 members (excludes halogenated alkanes) is 27. The van der Waals surface area contributed by atoms with Gasteiger partial charge in [0, 0.05) is 0 Å². The van der Waals surface area contributed by atoms with Crippen LogP contribution < -0.4 is 0 Å². The van der Waals surface area contributed by atoms with Crippen LogP contribution in [0.1, 0.15) is 200 Å². The van der Waals surface area contributed by atoms with Gasteiger partial charge in [-0.2, -0.15) is 0 Å². The summed E-state index contributed by atoms with van der Waals surface area (Å²) < 4.78 is 0. The highest BCUT2D eigenvalue weighted by atomic mass is 14.0. The fourth-order valence-corrected chi connectivity index (χ4v) is 4.96. The lowest BCUT2D eigenvalue weighted by Gasteiger charge is -2.02. The molecule has 0 bridgehead atoms. The molecule has 0 aliphatic heterocycles. The van der Waals surface area contributed by atoms with Gasteiger partial charge in [-0.05, 0) is 37.8 Å². The molecule has 202 valence electrons. The van der Waals surface area contributed by atoms with E-state index in [1.54, 1.807) is 0 Å². The van der Waals surface area contributed by atoms with Gasteiger partial charge >= 0.3 is 0 Å². The molecule has 0 amide bonds. The quantitative estimate of drug-likeness (QED) is 0.0746. The second-order valence-corrected chi connectivity index (χ2v) is 11.0. The first-order valence-corrected chi connectivity index (χ1v) is 16.3. The SMILES string of the molecule is CCCCCCCCCCCCCCCC=C=CCCCCCCCCCCCCCCCC. The van der Waals surface area contributed by atoms with Gasteiger partial charge in [0.25, 0.3) is 0 Å². The highest BCUT2D eigenvalue weighted by molar-refractivity contribution is 4.84. The van der Waals surface area contributed by atoms with Gasteiger partial charge in [-0.25, -0.2) is 0 Å². The minimum absolute atomic E-state index is 1.23. The van der Waals surface area contributed by atoms with Crippen molar-refractivity contribution < 1.29 is 0 Å². The first-order chi connectivity index (χ1) is 16.9. The number of allylic oxidation sites excluding steroid dienone is 1. The first-order valence-electron chi connectivity index (χ1n) is 16.3. The van der Waals surface area contributed by atoms with Crippen LogP contribution >= 0.6 is 0 Å². The van der Waals surface area contributed by atoms with E-state index in [-0.39, 0.29) is 0 Å². The average Bonchev–Trinajstić information content (AvgIpc) is 2.85. The molecule has 34 heavy (non-hydrogen) atoms. The van der Waals surface area contributed by atoms with E-state index in [0.29, 0.717) is 0 Å². The Bertz CT molecular complexity index is 400. The molecule has 0 aromatic rings. The van der Waals surface area contributed by atoms with Crippen molar-refractivity contribution in [1.82, 2.24) is 0 Å². The molecule has 0 heteroatoms. The maximum absolute atomic E-state index is 3.43. The van der Waals surface area contributed by atoms with E-state index in [1.165, 1.54) is 186 Å². The van der Waals surface area contributed by atoms with Crippen LogP contribution in [-0.2, 0) is 0 Å². The summed E-state index contributed by atoms with van der Waals surface area (Å²) in [5.41, 5.74) is 3.43. The molecule has 0 radical (unpaired) electrons. The second-order valence-electron chi connectivity index (χ2n) is 11.0. The summed E-state index contributed by atoms with van der Waals surface area (Å²) in [6, 6.07) is 0. The Kier molecular flexibility index (Phi) is 32.1. The standard InChI is InChI=1S/C34H66/c1-3-5-7-9-11-13-15-17-19-21-23-25-27-29-31-33-34-32-30-28-26-24-22-20-18-16-14-12-10-8-6-4-2/h31,34H,3-30,32H2,1-2H3. The first kappa shape index (κ1) is 33.5. The molecule has 0 aromatic heterocycles. The molecule has 0 aromatic carbocycles. The van der Waals surface area contributed by atoms with Crippen LogP contribution in [0.3, 0.4) is 0 Å². The minimum Gasteiger partial charge on any atom is -0.130 e. The molecule has 0 nitrogen and oxygen atoms in total. The van der Waals surface area contributed by atoms with Crippen molar-refractivity contribution in [2.45, 2.75) is 200 Å². The van der Waals surface area contributed by atoms with E-state index in [9.17, 15) is 0 Å². The highest BCUT2D eigenvalue weighted by Gasteiger charge is 1.95. The van der Waals surface area contributed by atoms with Gasteiger partial charge in [0.15, 0.2) is 0 Å². The monoisotopic (exact) mass is 475 g/mol. The molecule has 0 saturated carbocycles. The van der Waals surface area contributed by atoms with Crippen molar-refractivity contribution in [3.63, 3.8) is 0 Å². The predicted molar refractivity (Wildman–Crippen MR) is 158 cm³/mol. The summed E-state index contributed by atoms with van der Waals surface area (Å²) >= 11 is 0. The van der Waals surface area contributed by atoms with Gasteiger partial charge < -0.3 is 0 Å². The van der Waals surface area contributed by atoms with E-state index in [1.807, 2.05) is 0 Å². The zero-order valence-corrected chi connectivity index (χ0v) is 24.2. The Morgan fingerprint density at radius 1 is 0.294 bits per heavy atom. The lowest BCUT2D eigenvalue weighted by atomic mass is 10.0. The van der Waals surface area contributed by atoms with Gasteiger partial charge in [-0.1, -0.05) is 174 Å². The average molecular weight is 475 g/mol. The maximum Gasteiger partial charge on any atom is -0.0274 e. The predicted octanol–water partition coefficient (Wildman–Crippen LogP) is 13.1. The van der Waals surface area contributed by atoms with Crippen molar-refractivity contribution in [1.29, 1.82) is 0 Å². The summed E-state index contributed by atoms with van der Waals surface area (Å²) in [6.45, 7) is 4.60. The molecule has 0 aliphatic carbocycles. The van der Waals surface area contributed by atoms with Crippen LogP contribution in [0.5, 0.6) is 0 Å². The van der Waals surface area contributed by atoms with Crippen molar-refractivity contribution >= 4 is 0 Å². The minimum atomic E-state index is 1.23. The van der Waals surface area contributed by atoms with E-state index in [0.717, 1.165) is 0 Å². The normalized spacial score (nSPS) is 11.0. The molecular formula is C34H66. The third-order valence-electron chi connectivity index (χ3n) is 7.39. The van der Waals surface area contributed by atoms with Gasteiger partial charge in [-0.3, -0.25) is 0 Å². The van der Waals surface area contributed by atoms with Gasteiger partial charge in [0.1, 0.15) is 0 Å². The molecule has 0 heterocycles. The summed E-state index contributed by atoms with van der Waals surface area (Å²) in [7, 11) is 0. The van der Waals surface area contributed by atoms with Crippen molar-refractivity contribution in [3.8, 4) is 0 Å². The summed E-state index contributed by atoms with van der Waals surface area (Å²) in [4.78, 5) is 0. The van der Waals surface area contributed by atoms with E-state index >= 15 is 0 Å². The van der Waals surface area contributed by atoms with E-state index in [2.05, 4.69) is 31.7 Å². The molecule has 0 N–H and O–H groups in total. The second kappa shape index (κ2) is 32.5. The maximum atomic E-state index is 3.43. The number of hydrogen-bond acceptors (Lipinski definition) is 0. The Balaban J connectivity index is 3.14. The molecule has 0 unspecified atom stereocenters. The number of hydrogen-bond donors (Lipinski definition) is 0. The smallest absolute Gasteiger partial charge is 0.0274 e. The fraction of sp³-hybridized carbons (Fsp3) is 0.912. The highest BCUT2D eigenvalue weighted by Crippen LogP contribution is 2.14. The van der Waals surface area contributed by atoms with Gasteiger partial charge in [-0.15, -0.1) is 5.73 Å². The van der Waals surface area contributed by atoms with Crippen LogP contribution in [0.25, 0.3) is 0 Å². The summed E-state index contributed by atoms with van der Waals surface area (Å²) in [6.07, 6.45) is 46.0. The Hall–Kier alpha value is -0.480. The molecule has 0 saturated heterocycles. The number of rotatable bonds is 29. The molecule has 0 aliphatic rings. The Labute approximate surface area is 217 Å². The van der Waals surface area contributed by atoms with E-state index in [4.69, 9.17) is 0 Å². The topological polar surface area (TPSA) is 0 Å². The zero-order chi connectivity index (χ0) is 24.6. The van der Waals surface area contributed by atoms with E-state index < -0.39 is 0 Å². The van der Waals surface area contributed by atoms with Gasteiger partial charge in [0.05, 0.1) is 0 Å². The van der Waals surface area contributed by atoms with Crippen LogP contribution in [0.2, 0.25) is 0 Å². The third kappa shape index (κ3) is 31.5.